The van der Waals surface area contributed by atoms with Crippen molar-refractivity contribution in [3.05, 3.63) is 26.3 Å². The molecule has 1 heterocycles. The summed E-state index contributed by atoms with van der Waals surface area (Å²) in [6.07, 6.45) is 1.81. The van der Waals surface area contributed by atoms with E-state index in [-0.39, 0.29) is 26.6 Å². The monoisotopic (exact) mass is 404 g/mol. The van der Waals surface area contributed by atoms with Gasteiger partial charge in [0.25, 0.3) is 0 Å². The van der Waals surface area contributed by atoms with Crippen LogP contribution in [0.2, 0.25) is 15.1 Å². The average Bonchev–Trinajstić information content (AvgIpc) is 2.83. The topological polar surface area (TPSA) is 71.4 Å². The first-order valence-electron chi connectivity index (χ1n) is 7.75. The minimum absolute atomic E-state index is 0.0267. The number of carbonyl (C=O) groups excluding carboxylic acids is 2. The zero-order valence-corrected chi connectivity index (χ0v) is 16.3. The maximum atomic E-state index is 12.2. The summed E-state index contributed by atoms with van der Waals surface area (Å²) in [5.41, 5.74) is 1.61. The van der Waals surface area contributed by atoms with Gasteiger partial charge in [0.15, 0.2) is 5.78 Å². The number of ether oxygens (including phenoxy) is 1. The minimum Gasteiger partial charge on any atom is -0.546 e. The number of rotatable bonds is 7. The van der Waals surface area contributed by atoms with Crippen LogP contribution in [0.4, 0.5) is 0 Å². The Morgan fingerprint density at radius 3 is 2.32 bits per heavy atom. The Morgan fingerprint density at radius 2 is 1.80 bits per heavy atom. The number of carbonyl (C=O) groups is 2. The van der Waals surface area contributed by atoms with E-state index in [1.165, 1.54) is 6.92 Å². The van der Waals surface area contributed by atoms with Crippen molar-refractivity contribution < 1.29 is 19.4 Å². The third kappa shape index (κ3) is 3.59. The highest BCUT2D eigenvalue weighted by atomic mass is 35.5. The molecule has 0 bridgehead atoms. The lowest BCUT2D eigenvalue weighted by Crippen LogP contribution is -2.29. The van der Waals surface area contributed by atoms with Gasteiger partial charge >= 0.3 is 0 Å². The molecule has 0 spiro atoms. The summed E-state index contributed by atoms with van der Waals surface area (Å²) in [4.78, 5) is 23.0. The molecular formula is C17H17Cl3NO4-. The second-order valence-electron chi connectivity index (χ2n) is 5.68. The number of hydrogen-bond acceptors (Lipinski definition) is 4. The number of nitrogens with zero attached hydrogens (tertiary/aromatic N) is 1. The molecule has 0 saturated heterocycles. The van der Waals surface area contributed by atoms with Gasteiger partial charge in [-0.2, -0.15) is 0 Å². The summed E-state index contributed by atoms with van der Waals surface area (Å²) in [5.74, 6) is -1.59. The van der Waals surface area contributed by atoms with Gasteiger partial charge in [-0.1, -0.05) is 48.1 Å². The van der Waals surface area contributed by atoms with Crippen LogP contribution in [0.25, 0.3) is 10.9 Å². The predicted octanol–water partition coefficient (Wildman–Crippen LogP) is 4.04. The van der Waals surface area contributed by atoms with Gasteiger partial charge < -0.3 is 19.2 Å². The van der Waals surface area contributed by atoms with E-state index < -0.39 is 12.6 Å². The van der Waals surface area contributed by atoms with E-state index in [4.69, 9.17) is 39.5 Å². The first-order chi connectivity index (χ1) is 11.7. The van der Waals surface area contributed by atoms with E-state index in [1.54, 1.807) is 6.92 Å². The zero-order chi connectivity index (χ0) is 18.9. The largest absolute Gasteiger partial charge is 0.546 e. The summed E-state index contributed by atoms with van der Waals surface area (Å²) in [6, 6.07) is 0. The van der Waals surface area contributed by atoms with Crippen LogP contribution in [0, 0.1) is 6.92 Å². The first kappa shape index (κ1) is 19.9. The van der Waals surface area contributed by atoms with E-state index in [0.29, 0.717) is 28.7 Å². The maximum Gasteiger partial charge on any atom is 0.162 e. The Morgan fingerprint density at radius 1 is 1.16 bits per heavy atom. The molecule has 0 fully saturated rings. The van der Waals surface area contributed by atoms with Gasteiger partial charge in [-0.15, -0.1) is 0 Å². The molecule has 0 radical (unpaired) electrons. The SMILES string of the molecule is CCCCn1c(C)c(C(C)=O)c2c(OCC(=O)[O-])c(Cl)c(Cl)c(Cl)c21. The normalized spacial score (nSPS) is 11.1. The van der Waals surface area contributed by atoms with Crippen molar-refractivity contribution in [1.82, 2.24) is 4.57 Å². The molecule has 2 rings (SSSR count). The Hall–Kier alpha value is -1.43. The molecule has 0 N–H and O–H groups in total. The number of carboxylic acids is 1. The fourth-order valence-corrected chi connectivity index (χ4v) is 3.65. The smallest absolute Gasteiger partial charge is 0.162 e. The van der Waals surface area contributed by atoms with Crippen LogP contribution in [0.15, 0.2) is 0 Å². The quantitative estimate of drug-likeness (QED) is 0.515. The van der Waals surface area contributed by atoms with Crippen molar-refractivity contribution in [3.63, 3.8) is 0 Å². The van der Waals surface area contributed by atoms with Gasteiger partial charge in [-0.25, -0.2) is 0 Å². The van der Waals surface area contributed by atoms with E-state index in [0.717, 1.165) is 12.8 Å². The predicted molar refractivity (Wildman–Crippen MR) is 97.1 cm³/mol. The summed E-state index contributed by atoms with van der Waals surface area (Å²) < 4.78 is 7.20. The van der Waals surface area contributed by atoms with Crippen LogP contribution in [-0.4, -0.2) is 22.9 Å². The molecule has 2 aromatic rings. The molecule has 0 unspecified atom stereocenters. The molecule has 0 atom stereocenters. The molecule has 5 nitrogen and oxygen atoms in total. The van der Waals surface area contributed by atoms with Crippen LogP contribution >= 0.6 is 34.8 Å². The molecule has 1 aromatic carbocycles. The lowest BCUT2D eigenvalue weighted by molar-refractivity contribution is -0.307. The first-order valence-corrected chi connectivity index (χ1v) is 8.88. The highest BCUT2D eigenvalue weighted by Crippen LogP contribution is 2.48. The van der Waals surface area contributed by atoms with E-state index in [1.807, 2.05) is 11.5 Å². The molecule has 0 aliphatic rings. The van der Waals surface area contributed by atoms with E-state index in [9.17, 15) is 14.7 Å². The van der Waals surface area contributed by atoms with Crippen molar-refractivity contribution in [2.24, 2.45) is 0 Å². The molecule has 1 aromatic heterocycles. The number of aliphatic carboxylic acids is 1. The van der Waals surface area contributed by atoms with E-state index in [2.05, 4.69) is 0 Å². The van der Waals surface area contributed by atoms with Crippen molar-refractivity contribution >= 4 is 57.5 Å². The second-order valence-corrected chi connectivity index (χ2v) is 6.81. The average molecular weight is 406 g/mol. The number of benzene rings is 1. The van der Waals surface area contributed by atoms with Crippen LogP contribution in [0.5, 0.6) is 5.75 Å². The number of Topliss-reactive ketones (excluding diaryl/α,β-unsaturated/α-hetero) is 1. The summed E-state index contributed by atoms with van der Waals surface area (Å²) in [7, 11) is 0. The minimum atomic E-state index is -1.41. The summed E-state index contributed by atoms with van der Waals surface area (Å²) >= 11 is 18.9. The number of aromatic nitrogens is 1. The van der Waals surface area contributed by atoms with Crippen LogP contribution in [0.1, 0.15) is 42.7 Å². The lowest BCUT2D eigenvalue weighted by Gasteiger charge is -2.14. The fraction of sp³-hybridized carbons (Fsp3) is 0.412. The van der Waals surface area contributed by atoms with Crippen LogP contribution in [-0.2, 0) is 11.3 Å². The Labute approximate surface area is 160 Å². The highest BCUT2D eigenvalue weighted by Gasteiger charge is 2.27. The highest BCUT2D eigenvalue weighted by molar-refractivity contribution is 6.51. The zero-order valence-electron chi connectivity index (χ0n) is 14.0. The number of ketones is 1. The Bertz CT molecular complexity index is 858. The number of fused-ring (bicyclic) bond motifs is 1. The molecule has 0 aliphatic heterocycles. The maximum absolute atomic E-state index is 12.2. The molecule has 136 valence electrons. The lowest BCUT2D eigenvalue weighted by atomic mass is 10.1. The molecular weight excluding hydrogens is 389 g/mol. The number of hydrogen-bond donors (Lipinski definition) is 0. The van der Waals surface area contributed by atoms with Crippen LogP contribution in [0.3, 0.4) is 0 Å². The van der Waals surface area contributed by atoms with Crippen molar-refractivity contribution in [3.8, 4) is 5.75 Å². The standard InChI is InChI=1S/C17H18Cl3NO4/c1-4-5-6-21-8(2)11(9(3)22)12-16(21)14(19)13(18)15(20)17(12)25-7-10(23)24/h4-7H2,1-3H3,(H,23,24)/p-1. The molecule has 8 heteroatoms. The number of carboxylic acid groups (broad SMARTS) is 1. The van der Waals surface area contributed by atoms with Crippen molar-refractivity contribution in [2.75, 3.05) is 6.61 Å². The Kier molecular flexibility index (Phi) is 6.25. The Balaban J connectivity index is 2.91. The van der Waals surface area contributed by atoms with Crippen molar-refractivity contribution in [1.29, 1.82) is 0 Å². The summed E-state index contributed by atoms with van der Waals surface area (Å²) in [5, 5.41) is 11.4. The van der Waals surface area contributed by atoms with Gasteiger partial charge in [0, 0.05) is 17.8 Å². The second kappa shape index (κ2) is 7.85. The van der Waals surface area contributed by atoms with Gasteiger partial charge in [0.05, 0.1) is 26.9 Å². The van der Waals surface area contributed by atoms with Gasteiger partial charge in [-0.3, -0.25) is 4.79 Å². The van der Waals surface area contributed by atoms with Crippen LogP contribution < -0.4 is 9.84 Å². The summed E-state index contributed by atoms with van der Waals surface area (Å²) in [6.45, 7) is 5.18. The molecule has 0 aliphatic carbocycles. The van der Waals surface area contributed by atoms with Gasteiger partial charge in [0.2, 0.25) is 0 Å². The fourth-order valence-electron chi connectivity index (χ4n) is 2.89. The molecule has 0 amide bonds. The van der Waals surface area contributed by atoms with Gasteiger partial charge in [-0.05, 0) is 20.3 Å². The van der Waals surface area contributed by atoms with Crippen molar-refractivity contribution in [2.45, 2.75) is 40.2 Å². The molecule has 25 heavy (non-hydrogen) atoms. The number of halogens is 3. The van der Waals surface area contributed by atoms with E-state index >= 15 is 0 Å². The number of aryl methyl sites for hydroxylation is 1. The third-order valence-corrected chi connectivity index (χ3v) is 5.26. The number of unbranched alkanes of at least 4 members (excludes halogenated alkanes) is 1. The van der Waals surface area contributed by atoms with Gasteiger partial charge in [0.1, 0.15) is 17.4 Å². The molecule has 0 saturated carbocycles. The third-order valence-electron chi connectivity index (χ3n) is 3.96.